The van der Waals surface area contributed by atoms with E-state index in [0.29, 0.717) is 0 Å². The molecule has 0 amide bonds. The zero-order valence-electron chi connectivity index (χ0n) is 18.1. The maximum absolute atomic E-state index is 2.38. The molecule has 0 radical (unpaired) electrons. The Hall–Kier alpha value is -0.260. The third-order valence-electron chi connectivity index (χ3n) is 6.10. The lowest BCUT2D eigenvalue weighted by atomic mass is 9.85. The Morgan fingerprint density at radius 2 is 1.00 bits per heavy atom. The lowest BCUT2D eigenvalue weighted by Crippen LogP contribution is -2.04. The van der Waals surface area contributed by atoms with E-state index in [0.717, 1.165) is 11.8 Å². The normalized spacial score (nSPS) is 13.0. The molecule has 0 saturated heterocycles. The van der Waals surface area contributed by atoms with Crippen LogP contribution in [0.5, 0.6) is 0 Å². The quantitative estimate of drug-likeness (QED) is 0.246. The van der Waals surface area contributed by atoms with Crippen LogP contribution in [0.1, 0.15) is 131 Å². The lowest BCUT2D eigenvalue weighted by Gasteiger charge is -2.21. The van der Waals surface area contributed by atoms with Gasteiger partial charge in [0.1, 0.15) is 0 Å². The van der Waals surface area contributed by atoms with Gasteiger partial charge in [-0.1, -0.05) is 97.6 Å². The monoisotopic (exact) mass is 336 g/mol. The first-order valence-corrected chi connectivity index (χ1v) is 11.4. The molecule has 0 fully saturated rings. The second-order valence-corrected chi connectivity index (χ2v) is 7.88. The predicted octanol–water partition coefficient (Wildman–Crippen LogP) is 9.10. The van der Waals surface area contributed by atoms with Gasteiger partial charge in [-0.25, -0.2) is 0 Å². The summed E-state index contributed by atoms with van der Waals surface area (Å²) in [5.41, 5.74) is 3.73. The van der Waals surface area contributed by atoms with Crippen LogP contribution in [0.3, 0.4) is 0 Å². The van der Waals surface area contributed by atoms with E-state index in [-0.39, 0.29) is 0 Å². The van der Waals surface area contributed by atoms with Crippen LogP contribution in [0, 0.1) is 11.8 Å². The zero-order chi connectivity index (χ0) is 18.2. The van der Waals surface area contributed by atoms with Gasteiger partial charge in [0.15, 0.2) is 0 Å². The van der Waals surface area contributed by atoms with Crippen LogP contribution in [-0.4, -0.2) is 0 Å². The fraction of sp³-hybridized carbons (Fsp3) is 0.917. The highest BCUT2D eigenvalue weighted by atomic mass is 14.2. The summed E-state index contributed by atoms with van der Waals surface area (Å²) >= 11 is 0. The molecule has 0 aliphatic carbocycles. The summed E-state index contributed by atoms with van der Waals surface area (Å²) in [4.78, 5) is 0. The van der Waals surface area contributed by atoms with Crippen molar-refractivity contribution < 1.29 is 0 Å². The molecule has 0 nitrogen and oxygen atoms in total. The van der Waals surface area contributed by atoms with Crippen LogP contribution < -0.4 is 0 Å². The van der Waals surface area contributed by atoms with Crippen molar-refractivity contribution in [3.8, 4) is 0 Å². The number of rotatable bonds is 16. The van der Waals surface area contributed by atoms with Crippen LogP contribution in [0.15, 0.2) is 11.1 Å². The molecule has 0 aliphatic rings. The zero-order valence-corrected chi connectivity index (χ0v) is 18.1. The fourth-order valence-corrected chi connectivity index (χ4v) is 3.91. The van der Waals surface area contributed by atoms with Gasteiger partial charge < -0.3 is 0 Å². The maximum Gasteiger partial charge on any atom is -0.0289 e. The minimum Gasteiger partial charge on any atom is -0.0710 e. The standard InChI is InChI=1S/C24H48/c1-7-13-17-23(19-15-16-21(9-3)10-4)24(18-14-8-2)20-22(11-5)12-6/h21-22H,7-20H2,1-6H3. The molecule has 144 valence electrons. The molecule has 0 heteroatoms. The highest BCUT2D eigenvalue weighted by Crippen LogP contribution is 2.30. The molecule has 0 aliphatic heterocycles. The molecule has 0 N–H and O–H groups in total. The van der Waals surface area contributed by atoms with Crippen LogP contribution in [0.25, 0.3) is 0 Å². The molecular weight excluding hydrogens is 288 g/mol. The number of allylic oxidation sites excluding steroid dienone is 2. The predicted molar refractivity (Wildman–Crippen MR) is 113 cm³/mol. The highest BCUT2D eigenvalue weighted by Gasteiger charge is 2.13. The Labute approximate surface area is 154 Å². The Balaban J connectivity index is 5.00. The summed E-state index contributed by atoms with van der Waals surface area (Å²) in [7, 11) is 0. The van der Waals surface area contributed by atoms with E-state index in [9.17, 15) is 0 Å². The number of hydrogen-bond donors (Lipinski definition) is 0. The Morgan fingerprint density at radius 1 is 0.542 bits per heavy atom. The molecule has 0 aromatic heterocycles. The second kappa shape index (κ2) is 16.2. The summed E-state index contributed by atoms with van der Waals surface area (Å²) < 4.78 is 0. The minimum atomic E-state index is 0.910. The first kappa shape index (κ1) is 23.7. The van der Waals surface area contributed by atoms with Gasteiger partial charge in [-0.15, -0.1) is 0 Å². The molecule has 24 heavy (non-hydrogen) atoms. The maximum atomic E-state index is 2.38. The molecule has 0 unspecified atom stereocenters. The smallest absolute Gasteiger partial charge is 0.0289 e. The lowest BCUT2D eigenvalue weighted by molar-refractivity contribution is 0.436. The van der Waals surface area contributed by atoms with Gasteiger partial charge in [0.25, 0.3) is 0 Å². The third-order valence-corrected chi connectivity index (χ3v) is 6.10. The van der Waals surface area contributed by atoms with Crippen molar-refractivity contribution in [1.82, 2.24) is 0 Å². The molecule has 0 heterocycles. The van der Waals surface area contributed by atoms with Crippen molar-refractivity contribution in [2.75, 3.05) is 0 Å². The first-order valence-electron chi connectivity index (χ1n) is 11.4. The van der Waals surface area contributed by atoms with Gasteiger partial charge >= 0.3 is 0 Å². The molecule has 0 bridgehead atoms. The summed E-state index contributed by atoms with van der Waals surface area (Å²) in [6, 6.07) is 0. The summed E-state index contributed by atoms with van der Waals surface area (Å²) in [6.45, 7) is 14.2. The molecule has 0 atom stereocenters. The average Bonchev–Trinajstić information content (AvgIpc) is 2.62. The number of hydrogen-bond acceptors (Lipinski definition) is 0. The van der Waals surface area contributed by atoms with Gasteiger partial charge in [0.05, 0.1) is 0 Å². The summed E-state index contributed by atoms with van der Waals surface area (Å²) in [5, 5.41) is 0. The SMILES string of the molecule is CCCCC(CCCC(CC)CC)=C(CCCC)CC(CC)CC. The van der Waals surface area contributed by atoms with E-state index in [2.05, 4.69) is 41.5 Å². The van der Waals surface area contributed by atoms with Gasteiger partial charge in [0.2, 0.25) is 0 Å². The van der Waals surface area contributed by atoms with E-state index in [1.165, 1.54) is 89.9 Å². The van der Waals surface area contributed by atoms with Crippen molar-refractivity contribution in [3.63, 3.8) is 0 Å². The average molecular weight is 337 g/mol. The van der Waals surface area contributed by atoms with Crippen molar-refractivity contribution in [3.05, 3.63) is 11.1 Å². The van der Waals surface area contributed by atoms with Gasteiger partial charge in [-0.3, -0.25) is 0 Å². The minimum absolute atomic E-state index is 0.910. The van der Waals surface area contributed by atoms with Gasteiger partial charge in [0, 0.05) is 0 Å². The second-order valence-electron chi connectivity index (χ2n) is 7.88. The van der Waals surface area contributed by atoms with Crippen molar-refractivity contribution in [2.24, 2.45) is 11.8 Å². The Bertz CT molecular complexity index is 291. The molecule has 0 saturated carbocycles. The molecule has 0 aromatic rings. The number of unbranched alkanes of at least 4 members (excludes halogenated alkanes) is 2. The van der Waals surface area contributed by atoms with Gasteiger partial charge in [-0.2, -0.15) is 0 Å². The van der Waals surface area contributed by atoms with Crippen LogP contribution in [0.2, 0.25) is 0 Å². The molecule has 0 aromatic carbocycles. The van der Waals surface area contributed by atoms with E-state index in [4.69, 9.17) is 0 Å². The van der Waals surface area contributed by atoms with E-state index >= 15 is 0 Å². The molecule has 0 rings (SSSR count). The summed E-state index contributed by atoms with van der Waals surface area (Å²) in [6.07, 6.45) is 19.2. The topological polar surface area (TPSA) is 0 Å². The highest BCUT2D eigenvalue weighted by molar-refractivity contribution is 5.15. The fourth-order valence-electron chi connectivity index (χ4n) is 3.91. The third kappa shape index (κ3) is 10.6. The Morgan fingerprint density at radius 3 is 1.46 bits per heavy atom. The molecular formula is C24H48. The largest absolute Gasteiger partial charge is 0.0710 e. The van der Waals surface area contributed by atoms with Crippen LogP contribution >= 0.6 is 0 Å². The van der Waals surface area contributed by atoms with Crippen molar-refractivity contribution >= 4 is 0 Å². The van der Waals surface area contributed by atoms with Crippen LogP contribution in [0.4, 0.5) is 0 Å². The van der Waals surface area contributed by atoms with E-state index in [1.807, 2.05) is 11.1 Å². The van der Waals surface area contributed by atoms with E-state index < -0.39 is 0 Å². The molecule has 0 spiro atoms. The summed E-state index contributed by atoms with van der Waals surface area (Å²) in [5.74, 6) is 1.86. The Kier molecular flexibility index (Phi) is 16.0. The van der Waals surface area contributed by atoms with Gasteiger partial charge in [-0.05, 0) is 56.8 Å². The van der Waals surface area contributed by atoms with Crippen molar-refractivity contribution in [1.29, 1.82) is 0 Å². The van der Waals surface area contributed by atoms with Crippen LogP contribution in [-0.2, 0) is 0 Å². The van der Waals surface area contributed by atoms with E-state index in [1.54, 1.807) is 0 Å². The first-order chi connectivity index (χ1) is 11.7. The van der Waals surface area contributed by atoms with Crippen molar-refractivity contribution in [2.45, 2.75) is 131 Å².